The van der Waals surface area contributed by atoms with Gasteiger partial charge in [-0.15, -0.1) is 0 Å². The molecule has 2 aliphatic heterocycles. The Morgan fingerprint density at radius 2 is 2.07 bits per heavy atom. The summed E-state index contributed by atoms with van der Waals surface area (Å²) in [4.78, 5) is 38.8. The number of hydrogen-bond donors (Lipinski definition) is 2. The van der Waals surface area contributed by atoms with Gasteiger partial charge in [0.25, 0.3) is 0 Å². The molecule has 4 atom stereocenters. The summed E-state index contributed by atoms with van der Waals surface area (Å²) in [5.74, 6) is -3.07. The quantitative estimate of drug-likeness (QED) is 0.450. The van der Waals surface area contributed by atoms with E-state index in [0.717, 1.165) is 3.57 Å². The second-order valence-electron chi connectivity index (χ2n) is 6.78. The van der Waals surface area contributed by atoms with Gasteiger partial charge < -0.3 is 21.1 Å². The number of carbonyl (C=O) groups is 3. The van der Waals surface area contributed by atoms with Gasteiger partial charge in [-0.05, 0) is 53.3 Å². The summed E-state index contributed by atoms with van der Waals surface area (Å²) in [7, 11) is 0. The van der Waals surface area contributed by atoms with Crippen molar-refractivity contribution in [3.63, 3.8) is 0 Å². The first-order chi connectivity index (χ1) is 13.8. The molecule has 1 aromatic carbocycles. The molecule has 2 amide bonds. The Balaban J connectivity index is 2.30. The smallest absolute Gasteiger partial charge is 0.329 e. The molecule has 4 N–H and O–H groups in total. The van der Waals surface area contributed by atoms with Crippen LogP contribution in [0.1, 0.15) is 18.4 Å². The van der Waals surface area contributed by atoms with Gasteiger partial charge in [0.15, 0.2) is 5.41 Å². The van der Waals surface area contributed by atoms with Gasteiger partial charge in [-0.3, -0.25) is 14.4 Å². The number of primary amides is 2. The van der Waals surface area contributed by atoms with Gasteiger partial charge in [0, 0.05) is 15.7 Å². The minimum absolute atomic E-state index is 0.0708. The molecule has 29 heavy (non-hydrogen) atoms. The van der Waals surface area contributed by atoms with Crippen molar-refractivity contribution < 1.29 is 19.1 Å². The third kappa shape index (κ3) is 3.27. The highest BCUT2D eigenvalue weighted by molar-refractivity contribution is 14.1. The summed E-state index contributed by atoms with van der Waals surface area (Å²) < 4.78 is 6.13. The number of halogens is 1. The standard InChI is InChI=1S/C20H19IN4O4/c1-2-29-19(28)20(10-22)14-7-6-12(17(23)26)9-25(14)16(18(24)27)15(20)11-4-3-5-13(21)8-11/h3-9,14-16H,2H2,1H3,(H2,23,26)(H2,24,27). The first kappa shape index (κ1) is 20.9. The van der Waals surface area contributed by atoms with Crippen molar-refractivity contribution in [3.05, 3.63) is 57.3 Å². The predicted molar refractivity (Wildman–Crippen MR) is 112 cm³/mol. The number of carbonyl (C=O) groups excluding carboxylic acids is 3. The third-order valence-corrected chi connectivity index (χ3v) is 5.91. The topological polar surface area (TPSA) is 140 Å². The Bertz CT molecular complexity index is 983. The van der Waals surface area contributed by atoms with Crippen LogP contribution in [0.25, 0.3) is 0 Å². The molecule has 0 saturated carbocycles. The van der Waals surface area contributed by atoms with Gasteiger partial charge in [0.1, 0.15) is 6.04 Å². The van der Waals surface area contributed by atoms with Crippen molar-refractivity contribution >= 4 is 40.4 Å². The normalized spacial score (nSPS) is 27.6. The molecular weight excluding hydrogens is 487 g/mol. The van der Waals surface area contributed by atoms with Crippen molar-refractivity contribution in [2.24, 2.45) is 16.9 Å². The number of benzene rings is 1. The van der Waals surface area contributed by atoms with Gasteiger partial charge in [-0.25, -0.2) is 0 Å². The molecule has 4 unspecified atom stereocenters. The predicted octanol–water partition coefficient (Wildman–Crippen LogP) is 0.925. The lowest BCUT2D eigenvalue weighted by atomic mass is 9.68. The highest BCUT2D eigenvalue weighted by Gasteiger charge is 2.66. The highest BCUT2D eigenvalue weighted by Crippen LogP contribution is 2.53. The van der Waals surface area contributed by atoms with Crippen molar-refractivity contribution in [2.45, 2.75) is 24.9 Å². The molecule has 0 aliphatic carbocycles. The van der Waals surface area contributed by atoms with Gasteiger partial charge in [0.2, 0.25) is 11.8 Å². The van der Waals surface area contributed by atoms with Gasteiger partial charge in [-0.1, -0.05) is 18.2 Å². The molecule has 2 heterocycles. The first-order valence-electron chi connectivity index (χ1n) is 8.88. The van der Waals surface area contributed by atoms with Gasteiger partial charge in [-0.2, -0.15) is 5.26 Å². The van der Waals surface area contributed by atoms with E-state index < -0.39 is 41.2 Å². The second kappa shape index (κ2) is 7.87. The molecule has 9 heteroatoms. The molecule has 150 valence electrons. The number of esters is 1. The average Bonchev–Trinajstić information content (AvgIpc) is 2.99. The SMILES string of the molecule is CCOC(=O)C1(C#N)C(c2cccc(I)c2)C(C(N)=O)N2C=C(C(N)=O)C=CC21. The number of nitriles is 1. The van der Waals surface area contributed by atoms with E-state index >= 15 is 0 Å². The maximum absolute atomic E-state index is 13.1. The fraction of sp³-hybridized carbons (Fsp3) is 0.300. The van der Waals surface area contributed by atoms with E-state index in [1.165, 1.54) is 23.3 Å². The summed E-state index contributed by atoms with van der Waals surface area (Å²) in [5.41, 5.74) is 10.1. The summed E-state index contributed by atoms with van der Waals surface area (Å²) in [6.07, 6.45) is 4.37. The molecule has 0 radical (unpaired) electrons. The number of nitrogens with two attached hydrogens (primary N) is 2. The summed E-state index contributed by atoms with van der Waals surface area (Å²) >= 11 is 2.11. The van der Waals surface area contributed by atoms with Crippen LogP contribution in [0, 0.1) is 20.3 Å². The van der Waals surface area contributed by atoms with Crippen LogP contribution in [-0.2, 0) is 19.1 Å². The van der Waals surface area contributed by atoms with Crippen molar-refractivity contribution in [1.29, 1.82) is 5.26 Å². The molecule has 0 bridgehead atoms. The lowest BCUT2D eigenvalue weighted by molar-refractivity contribution is -0.153. The van der Waals surface area contributed by atoms with Gasteiger partial charge >= 0.3 is 5.97 Å². The van der Waals surface area contributed by atoms with E-state index in [2.05, 4.69) is 28.7 Å². The minimum atomic E-state index is -1.74. The molecule has 8 nitrogen and oxygen atoms in total. The third-order valence-electron chi connectivity index (χ3n) is 5.24. The summed E-state index contributed by atoms with van der Waals surface area (Å²) in [5, 5.41) is 10.3. The van der Waals surface area contributed by atoms with E-state index in [-0.39, 0.29) is 12.2 Å². The Labute approximate surface area is 181 Å². The molecule has 1 aromatic rings. The zero-order valence-corrected chi connectivity index (χ0v) is 17.7. The Kier molecular flexibility index (Phi) is 5.66. The maximum atomic E-state index is 13.1. The number of amides is 2. The molecule has 1 fully saturated rings. The van der Waals surface area contributed by atoms with E-state index in [9.17, 15) is 19.6 Å². The van der Waals surface area contributed by atoms with Crippen LogP contribution in [-0.4, -0.2) is 41.4 Å². The van der Waals surface area contributed by atoms with E-state index in [4.69, 9.17) is 16.2 Å². The first-order valence-corrected chi connectivity index (χ1v) is 9.96. The molecular formula is C20H19IN4O4. The molecule has 1 saturated heterocycles. The lowest BCUT2D eigenvalue weighted by Gasteiger charge is -2.32. The van der Waals surface area contributed by atoms with Crippen LogP contribution in [0.4, 0.5) is 0 Å². The molecule has 3 rings (SSSR count). The average molecular weight is 506 g/mol. The fourth-order valence-corrected chi connectivity index (χ4v) is 4.67. The highest BCUT2D eigenvalue weighted by atomic mass is 127. The number of hydrogen-bond acceptors (Lipinski definition) is 6. The number of nitrogens with zero attached hydrogens (tertiary/aromatic N) is 2. The van der Waals surface area contributed by atoms with Crippen LogP contribution in [0.5, 0.6) is 0 Å². The Morgan fingerprint density at radius 1 is 1.34 bits per heavy atom. The number of ether oxygens (including phenoxy) is 1. The van der Waals surface area contributed by atoms with Crippen LogP contribution in [0.15, 0.2) is 48.2 Å². The largest absolute Gasteiger partial charge is 0.465 e. The summed E-state index contributed by atoms with van der Waals surface area (Å²) in [6, 6.07) is 7.41. The fourth-order valence-electron chi connectivity index (χ4n) is 4.11. The zero-order valence-electron chi connectivity index (χ0n) is 15.5. The number of rotatable bonds is 5. The zero-order chi connectivity index (χ0) is 21.3. The van der Waals surface area contributed by atoms with Crippen LogP contribution in [0.3, 0.4) is 0 Å². The van der Waals surface area contributed by atoms with E-state index in [1.807, 2.05) is 6.07 Å². The van der Waals surface area contributed by atoms with E-state index in [0.29, 0.717) is 5.56 Å². The Morgan fingerprint density at radius 3 is 2.62 bits per heavy atom. The lowest BCUT2D eigenvalue weighted by Crippen LogP contribution is -2.45. The van der Waals surface area contributed by atoms with Crippen LogP contribution >= 0.6 is 22.6 Å². The van der Waals surface area contributed by atoms with Crippen molar-refractivity contribution in [3.8, 4) is 6.07 Å². The number of fused-ring (bicyclic) bond motifs is 1. The van der Waals surface area contributed by atoms with E-state index in [1.54, 1.807) is 25.1 Å². The summed E-state index contributed by atoms with van der Waals surface area (Å²) in [6.45, 7) is 1.71. The molecule has 0 spiro atoms. The van der Waals surface area contributed by atoms with Crippen molar-refractivity contribution in [2.75, 3.05) is 6.61 Å². The Hall–Kier alpha value is -2.87. The second-order valence-corrected chi connectivity index (χ2v) is 8.03. The van der Waals surface area contributed by atoms with Gasteiger partial charge in [0.05, 0.1) is 24.3 Å². The van der Waals surface area contributed by atoms with Crippen LogP contribution < -0.4 is 11.5 Å². The van der Waals surface area contributed by atoms with Crippen molar-refractivity contribution in [1.82, 2.24) is 4.90 Å². The maximum Gasteiger partial charge on any atom is 0.329 e. The minimum Gasteiger partial charge on any atom is -0.465 e. The van der Waals surface area contributed by atoms with Crippen LogP contribution in [0.2, 0.25) is 0 Å². The molecule has 0 aromatic heterocycles. The molecule has 2 aliphatic rings. The monoisotopic (exact) mass is 506 g/mol.